The van der Waals surface area contributed by atoms with Gasteiger partial charge >= 0.3 is 0 Å². The van der Waals surface area contributed by atoms with Gasteiger partial charge in [0.25, 0.3) is 5.91 Å². The molecule has 2 aliphatic rings. The molecule has 4 rings (SSSR count). The molecule has 0 radical (unpaired) electrons. The summed E-state index contributed by atoms with van der Waals surface area (Å²) in [5.41, 5.74) is 2.06. The lowest BCUT2D eigenvalue weighted by molar-refractivity contribution is -0.0855. The van der Waals surface area contributed by atoms with Crippen LogP contribution in [0.3, 0.4) is 0 Å². The number of aromatic nitrogens is 1. The Labute approximate surface area is 149 Å². The molecule has 5 nitrogen and oxygen atoms in total. The second kappa shape index (κ2) is 7.31. The van der Waals surface area contributed by atoms with Gasteiger partial charge in [0.1, 0.15) is 5.00 Å². The minimum absolute atomic E-state index is 0.00252. The van der Waals surface area contributed by atoms with Crippen LogP contribution in [0.2, 0.25) is 0 Å². The van der Waals surface area contributed by atoms with E-state index in [9.17, 15) is 4.79 Å². The van der Waals surface area contributed by atoms with Crippen LogP contribution < -0.4 is 5.32 Å². The van der Waals surface area contributed by atoms with E-state index in [-0.39, 0.29) is 12.0 Å². The lowest BCUT2D eigenvalue weighted by Crippen LogP contribution is -2.40. The van der Waals surface area contributed by atoms with Crippen molar-refractivity contribution >= 4 is 29.0 Å². The lowest BCUT2D eigenvalue weighted by atomic mass is 10.1. The van der Waals surface area contributed by atoms with Gasteiger partial charge in [-0.25, -0.2) is 0 Å². The molecule has 1 unspecified atom stereocenters. The van der Waals surface area contributed by atoms with Gasteiger partial charge in [0.05, 0.1) is 31.5 Å². The molecule has 0 saturated carbocycles. The number of amides is 1. The summed E-state index contributed by atoms with van der Waals surface area (Å²) in [4.78, 5) is 14.2. The Kier molecular flexibility index (Phi) is 4.93. The zero-order valence-electron chi connectivity index (χ0n) is 13.3. The van der Waals surface area contributed by atoms with Crippen LogP contribution in [0.1, 0.15) is 20.8 Å². The predicted octanol–water partition coefficient (Wildman–Crippen LogP) is 2.47. The fourth-order valence-corrected chi connectivity index (χ4v) is 5.50. The molecule has 1 fully saturated rings. The van der Waals surface area contributed by atoms with Gasteiger partial charge in [-0.15, -0.1) is 11.3 Å². The van der Waals surface area contributed by atoms with Crippen molar-refractivity contribution in [1.29, 1.82) is 0 Å². The standard InChI is InChI=1S/C17H20N2O3S2/c20-16(18-9-12-10-21-6-7-22-12)15-13-3-8-23-11-14(13)24-17(15)19-4-1-2-5-19/h1-2,4-5,12H,3,6-11H2,(H,18,20). The Hall–Kier alpha value is -1.28. The van der Waals surface area contributed by atoms with Crippen LogP contribution in [0.5, 0.6) is 0 Å². The minimum atomic E-state index is -0.0530. The minimum Gasteiger partial charge on any atom is -0.376 e. The molecule has 24 heavy (non-hydrogen) atoms. The quantitative estimate of drug-likeness (QED) is 0.906. The summed E-state index contributed by atoms with van der Waals surface area (Å²) in [7, 11) is 0. The van der Waals surface area contributed by atoms with Crippen molar-refractivity contribution in [3.05, 3.63) is 40.5 Å². The van der Waals surface area contributed by atoms with Crippen LogP contribution in [-0.4, -0.2) is 48.7 Å². The normalized spacial score (nSPS) is 20.6. The Morgan fingerprint density at radius 2 is 2.21 bits per heavy atom. The van der Waals surface area contributed by atoms with Crippen molar-refractivity contribution in [3.63, 3.8) is 0 Å². The maximum Gasteiger partial charge on any atom is 0.254 e. The average Bonchev–Trinajstić information content (AvgIpc) is 3.27. The largest absolute Gasteiger partial charge is 0.376 e. The molecule has 2 aromatic heterocycles. The molecule has 128 valence electrons. The summed E-state index contributed by atoms with van der Waals surface area (Å²) in [5.74, 6) is 2.08. The number of hydrogen-bond acceptors (Lipinski definition) is 5. The number of carbonyl (C=O) groups excluding carboxylic acids is 1. The van der Waals surface area contributed by atoms with Crippen LogP contribution in [0.25, 0.3) is 5.00 Å². The van der Waals surface area contributed by atoms with E-state index >= 15 is 0 Å². The van der Waals surface area contributed by atoms with Gasteiger partial charge < -0.3 is 19.4 Å². The lowest BCUT2D eigenvalue weighted by Gasteiger charge is -2.23. The second-order valence-electron chi connectivity index (χ2n) is 5.85. The first-order chi connectivity index (χ1) is 11.8. The number of thioether (sulfide) groups is 1. The summed E-state index contributed by atoms with van der Waals surface area (Å²) in [5, 5.41) is 4.07. The summed E-state index contributed by atoms with van der Waals surface area (Å²) < 4.78 is 13.1. The van der Waals surface area contributed by atoms with E-state index in [1.165, 1.54) is 10.4 Å². The summed E-state index contributed by atoms with van der Waals surface area (Å²) in [6.45, 7) is 2.27. The van der Waals surface area contributed by atoms with Crippen molar-refractivity contribution in [1.82, 2.24) is 9.88 Å². The van der Waals surface area contributed by atoms with E-state index in [1.807, 2.05) is 40.9 Å². The number of rotatable bonds is 4. The van der Waals surface area contributed by atoms with E-state index in [1.54, 1.807) is 11.3 Å². The number of nitrogens with one attached hydrogen (secondary N) is 1. The predicted molar refractivity (Wildman–Crippen MR) is 96.4 cm³/mol. The highest BCUT2D eigenvalue weighted by molar-refractivity contribution is 7.98. The molecule has 7 heteroatoms. The smallest absolute Gasteiger partial charge is 0.254 e. The molecule has 1 saturated heterocycles. The molecule has 4 heterocycles. The van der Waals surface area contributed by atoms with E-state index in [2.05, 4.69) is 5.32 Å². The molecule has 1 N–H and O–H groups in total. The van der Waals surface area contributed by atoms with Gasteiger partial charge in [0.2, 0.25) is 0 Å². The third-order valence-corrected chi connectivity index (χ3v) is 6.66. The average molecular weight is 364 g/mol. The number of nitrogens with zero attached hydrogens (tertiary/aromatic N) is 1. The van der Waals surface area contributed by atoms with Gasteiger partial charge in [0.15, 0.2) is 0 Å². The third kappa shape index (κ3) is 3.26. The van der Waals surface area contributed by atoms with E-state index < -0.39 is 0 Å². The number of fused-ring (bicyclic) bond motifs is 1. The van der Waals surface area contributed by atoms with E-state index in [4.69, 9.17) is 9.47 Å². The zero-order chi connectivity index (χ0) is 16.4. The Balaban J connectivity index is 1.58. The van der Waals surface area contributed by atoms with E-state index in [0.29, 0.717) is 26.4 Å². The first-order valence-corrected chi connectivity index (χ1v) is 10.1. The molecule has 1 atom stereocenters. The molecule has 0 bridgehead atoms. The molecule has 0 spiro atoms. The van der Waals surface area contributed by atoms with Crippen LogP contribution in [0.4, 0.5) is 0 Å². The fourth-order valence-electron chi connectivity index (χ4n) is 3.05. The first kappa shape index (κ1) is 16.2. The second-order valence-corrected chi connectivity index (χ2v) is 8.04. The molecule has 0 aliphatic carbocycles. The van der Waals surface area contributed by atoms with Crippen LogP contribution in [0.15, 0.2) is 24.5 Å². The fraction of sp³-hybridized carbons (Fsp3) is 0.471. The van der Waals surface area contributed by atoms with E-state index in [0.717, 1.165) is 28.5 Å². The number of thiophene rings is 1. The molecule has 2 aromatic rings. The maximum atomic E-state index is 12.9. The van der Waals surface area contributed by atoms with Gasteiger partial charge in [-0.2, -0.15) is 11.8 Å². The van der Waals surface area contributed by atoms with Crippen LogP contribution >= 0.6 is 23.1 Å². The highest BCUT2D eigenvalue weighted by atomic mass is 32.2. The molecule has 1 amide bonds. The third-order valence-electron chi connectivity index (χ3n) is 4.24. The van der Waals surface area contributed by atoms with Gasteiger partial charge in [-0.1, -0.05) is 0 Å². The Morgan fingerprint density at radius 3 is 3.00 bits per heavy atom. The maximum absolute atomic E-state index is 12.9. The van der Waals surface area contributed by atoms with Gasteiger partial charge in [0, 0.05) is 29.6 Å². The Bertz CT molecular complexity index is 706. The summed E-state index contributed by atoms with van der Waals surface area (Å²) in [6.07, 6.45) is 4.91. The van der Waals surface area contributed by atoms with Crippen LogP contribution in [-0.2, 0) is 21.6 Å². The first-order valence-electron chi connectivity index (χ1n) is 8.16. The summed E-state index contributed by atoms with van der Waals surface area (Å²) in [6, 6.07) is 3.98. The van der Waals surface area contributed by atoms with Crippen molar-refractivity contribution < 1.29 is 14.3 Å². The highest BCUT2D eigenvalue weighted by Gasteiger charge is 2.27. The number of carbonyl (C=O) groups is 1. The van der Waals surface area contributed by atoms with Gasteiger partial charge in [-0.05, 0) is 29.9 Å². The van der Waals surface area contributed by atoms with Crippen molar-refractivity contribution in [2.24, 2.45) is 0 Å². The Morgan fingerprint density at radius 1 is 1.33 bits per heavy atom. The van der Waals surface area contributed by atoms with Crippen LogP contribution in [0, 0.1) is 0 Å². The van der Waals surface area contributed by atoms with Crippen molar-refractivity contribution in [2.75, 3.05) is 32.1 Å². The highest BCUT2D eigenvalue weighted by Crippen LogP contribution is 2.38. The van der Waals surface area contributed by atoms with Crippen molar-refractivity contribution in [3.8, 4) is 5.00 Å². The topological polar surface area (TPSA) is 52.5 Å². The molecular weight excluding hydrogens is 344 g/mol. The number of ether oxygens (including phenoxy) is 2. The zero-order valence-corrected chi connectivity index (χ0v) is 15.0. The SMILES string of the molecule is O=C(NCC1COCCO1)c1c(-n2cccc2)sc2c1CCSC2. The molecule has 2 aliphatic heterocycles. The molecular formula is C17H20N2O3S2. The number of hydrogen-bond donors (Lipinski definition) is 1. The summed E-state index contributed by atoms with van der Waals surface area (Å²) >= 11 is 3.67. The van der Waals surface area contributed by atoms with Crippen molar-refractivity contribution in [2.45, 2.75) is 18.3 Å². The monoisotopic (exact) mass is 364 g/mol. The molecule has 0 aromatic carbocycles. The van der Waals surface area contributed by atoms with Gasteiger partial charge in [-0.3, -0.25) is 4.79 Å².